The third kappa shape index (κ3) is 3.16. The zero-order valence-corrected chi connectivity index (χ0v) is 12.2. The highest BCUT2D eigenvalue weighted by Crippen LogP contribution is 2.36. The molecule has 1 aromatic rings. The van der Waals surface area contributed by atoms with Gasteiger partial charge in [-0.1, -0.05) is 6.92 Å². The Labute approximate surface area is 115 Å². The van der Waals surface area contributed by atoms with E-state index in [1.807, 2.05) is 17.9 Å². The van der Waals surface area contributed by atoms with Crippen molar-refractivity contribution in [3.05, 3.63) is 18.0 Å². The van der Waals surface area contributed by atoms with E-state index in [1.165, 1.54) is 0 Å². The van der Waals surface area contributed by atoms with Crippen molar-refractivity contribution in [1.82, 2.24) is 15.1 Å². The monoisotopic (exact) mass is 267 g/mol. The average molecular weight is 267 g/mol. The normalized spacial score (nSPS) is 20.4. The van der Waals surface area contributed by atoms with Gasteiger partial charge in [-0.3, -0.25) is 4.68 Å². The molecule has 0 bridgehead atoms. The molecule has 1 fully saturated rings. The molecule has 0 aliphatic carbocycles. The van der Waals surface area contributed by atoms with E-state index >= 15 is 0 Å². The number of ether oxygens (including phenoxy) is 2. The van der Waals surface area contributed by atoms with E-state index in [4.69, 9.17) is 9.47 Å². The predicted octanol–water partition coefficient (Wildman–Crippen LogP) is 1.66. The molecule has 2 rings (SSSR count). The molecule has 0 saturated carbocycles. The number of hydrogen-bond acceptors (Lipinski definition) is 4. The minimum Gasteiger partial charge on any atom is -0.381 e. The first-order valence-corrected chi connectivity index (χ1v) is 7.07. The molecule has 19 heavy (non-hydrogen) atoms. The molecular weight excluding hydrogens is 242 g/mol. The Kier molecular flexibility index (Phi) is 4.96. The van der Waals surface area contributed by atoms with Gasteiger partial charge in [0.1, 0.15) is 0 Å². The Hall–Kier alpha value is -0.910. The predicted molar refractivity (Wildman–Crippen MR) is 74.0 cm³/mol. The standard InChI is InChI=1S/C14H25N3O2/c1-4-8-15-13(12-5-9-17(2)16-12)14(18-3)6-10-19-11-7-14/h5,9,13,15H,4,6-8,10-11H2,1-3H3. The molecule has 5 nitrogen and oxygen atoms in total. The molecule has 1 unspecified atom stereocenters. The van der Waals surface area contributed by atoms with Gasteiger partial charge in [-0.15, -0.1) is 0 Å². The summed E-state index contributed by atoms with van der Waals surface area (Å²) in [5.74, 6) is 0. The highest BCUT2D eigenvalue weighted by atomic mass is 16.5. The summed E-state index contributed by atoms with van der Waals surface area (Å²) in [5.41, 5.74) is 0.849. The van der Waals surface area contributed by atoms with Crippen LogP contribution in [0.25, 0.3) is 0 Å². The van der Waals surface area contributed by atoms with Crippen LogP contribution in [0.15, 0.2) is 12.3 Å². The van der Waals surface area contributed by atoms with E-state index in [9.17, 15) is 0 Å². The summed E-state index contributed by atoms with van der Waals surface area (Å²) < 4.78 is 13.2. The van der Waals surface area contributed by atoms with Crippen molar-refractivity contribution in [3.8, 4) is 0 Å². The molecule has 1 aliphatic rings. The SMILES string of the molecule is CCCNC(c1ccn(C)n1)C1(OC)CCOCC1. The van der Waals surface area contributed by atoms with Gasteiger partial charge in [0.15, 0.2) is 0 Å². The van der Waals surface area contributed by atoms with Crippen LogP contribution in [-0.4, -0.2) is 42.2 Å². The second kappa shape index (κ2) is 6.50. The molecule has 1 N–H and O–H groups in total. The van der Waals surface area contributed by atoms with Gasteiger partial charge in [-0.2, -0.15) is 5.10 Å². The third-order valence-electron chi connectivity index (χ3n) is 3.90. The number of nitrogens with one attached hydrogen (secondary N) is 1. The third-order valence-corrected chi connectivity index (χ3v) is 3.90. The van der Waals surface area contributed by atoms with E-state index in [2.05, 4.69) is 23.4 Å². The molecule has 1 atom stereocenters. The summed E-state index contributed by atoms with van der Waals surface area (Å²) in [7, 11) is 3.75. The van der Waals surface area contributed by atoms with E-state index in [1.54, 1.807) is 7.11 Å². The summed E-state index contributed by atoms with van der Waals surface area (Å²) in [5, 5.41) is 8.17. The van der Waals surface area contributed by atoms with Crippen LogP contribution in [0.1, 0.15) is 37.9 Å². The molecule has 1 aromatic heterocycles. The zero-order chi connectivity index (χ0) is 13.7. The van der Waals surface area contributed by atoms with Gasteiger partial charge >= 0.3 is 0 Å². The first-order valence-electron chi connectivity index (χ1n) is 7.07. The highest BCUT2D eigenvalue weighted by Gasteiger charge is 2.42. The quantitative estimate of drug-likeness (QED) is 0.851. The lowest BCUT2D eigenvalue weighted by molar-refractivity contribution is -0.112. The Morgan fingerprint density at radius 2 is 2.26 bits per heavy atom. The van der Waals surface area contributed by atoms with Gasteiger partial charge in [-0.25, -0.2) is 0 Å². The summed E-state index contributed by atoms with van der Waals surface area (Å²) >= 11 is 0. The number of hydrogen-bond donors (Lipinski definition) is 1. The van der Waals surface area contributed by atoms with Gasteiger partial charge in [-0.05, 0) is 19.0 Å². The largest absolute Gasteiger partial charge is 0.381 e. The fraction of sp³-hybridized carbons (Fsp3) is 0.786. The lowest BCUT2D eigenvalue weighted by atomic mass is 9.84. The number of methoxy groups -OCH3 is 1. The van der Waals surface area contributed by atoms with E-state index < -0.39 is 0 Å². The summed E-state index contributed by atoms with van der Waals surface area (Å²) in [4.78, 5) is 0. The molecule has 1 saturated heterocycles. The van der Waals surface area contributed by atoms with Crippen molar-refractivity contribution in [1.29, 1.82) is 0 Å². The van der Waals surface area contributed by atoms with E-state index in [0.29, 0.717) is 0 Å². The number of rotatable bonds is 6. The number of aryl methyl sites for hydroxylation is 1. The molecule has 5 heteroatoms. The van der Waals surface area contributed by atoms with Crippen LogP contribution in [0.4, 0.5) is 0 Å². The Morgan fingerprint density at radius 1 is 1.53 bits per heavy atom. The number of nitrogens with zero attached hydrogens (tertiary/aromatic N) is 2. The van der Waals surface area contributed by atoms with Crippen LogP contribution in [0.5, 0.6) is 0 Å². The zero-order valence-electron chi connectivity index (χ0n) is 12.2. The second-order valence-corrected chi connectivity index (χ2v) is 5.18. The Bertz CT molecular complexity index is 386. The average Bonchev–Trinajstić information content (AvgIpc) is 2.86. The fourth-order valence-corrected chi connectivity index (χ4v) is 2.76. The van der Waals surface area contributed by atoms with Gasteiger partial charge in [0, 0.05) is 46.4 Å². The van der Waals surface area contributed by atoms with Gasteiger partial charge < -0.3 is 14.8 Å². The summed E-state index contributed by atoms with van der Waals surface area (Å²) in [6.07, 6.45) is 4.89. The Morgan fingerprint density at radius 3 is 2.79 bits per heavy atom. The molecule has 0 aromatic carbocycles. The van der Waals surface area contributed by atoms with Crippen LogP contribution in [0.3, 0.4) is 0 Å². The first-order chi connectivity index (χ1) is 9.22. The molecule has 0 amide bonds. The summed E-state index contributed by atoms with van der Waals surface area (Å²) in [6, 6.07) is 2.20. The minimum absolute atomic E-state index is 0.127. The molecule has 0 spiro atoms. The van der Waals surface area contributed by atoms with Crippen molar-refractivity contribution in [2.45, 2.75) is 37.8 Å². The molecule has 108 valence electrons. The first kappa shape index (κ1) is 14.5. The van der Waals surface area contributed by atoms with Gasteiger partial charge in [0.25, 0.3) is 0 Å². The lowest BCUT2D eigenvalue weighted by Gasteiger charge is -2.42. The van der Waals surface area contributed by atoms with Crippen molar-refractivity contribution in [3.63, 3.8) is 0 Å². The van der Waals surface area contributed by atoms with Crippen molar-refractivity contribution >= 4 is 0 Å². The van der Waals surface area contributed by atoms with Crippen molar-refractivity contribution < 1.29 is 9.47 Å². The highest BCUT2D eigenvalue weighted by molar-refractivity contribution is 5.13. The fourth-order valence-electron chi connectivity index (χ4n) is 2.76. The maximum absolute atomic E-state index is 5.91. The van der Waals surface area contributed by atoms with E-state index in [-0.39, 0.29) is 11.6 Å². The smallest absolute Gasteiger partial charge is 0.0932 e. The van der Waals surface area contributed by atoms with Crippen LogP contribution >= 0.6 is 0 Å². The summed E-state index contributed by atoms with van der Waals surface area (Å²) in [6.45, 7) is 4.65. The van der Waals surface area contributed by atoms with Crippen LogP contribution in [0.2, 0.25) is 0 Å². The lowest BCUT2D eigenvalue weighted by Crippen LogP contribution is -2.49. The minimum atomic E-state index is -0.207. The van der Waals surface area contributed by atoms with Gasteiger partial charge in [0.05, 0.1) is 17.3 Å². The van der Waals surface area contributed by atoms with Crippen LogP contribution < -0.4 is 5.32 Å². The number of aromatic nitrogens is 2. The van der Waals surface area contributed by atoms with Gasteiger partial charge in [0.2, 0.25) is 0 Å². The van der Waals surface area contributed by atoms with E-state index in [0.717, 1.165) is 44.7 Å². The van der Waals surface area contributed by atoms with Crippen molar-refractivity contribution in [2.75, 3.05) is 26.9 Å². The Balaban J connectivity index is 2.24. The molecule has 2 heterocycles. The maximum atomic E-state index is 5.91. The molecular formula is C14H25N3O2. The van der Waals surface area contributed by atoms with Crippen LogP contribution in [-0.2, 0) is 16.5 Å². The molecule has 0 radical (unpaired) electrons. The molecule has 1 aliphatic heterocycles. The maximum Gasteiger partial charge on any atom is 0.0932 e. The topological polar surface area (TPSA) is 48.3 Å². The van der Waals surface area contributed by atoms with Crippen molar-refractivity contribution in [2.24, 2.45) is 7.05 Å². The van der Waals surface area contributed by atoms with Crippen LogP contribution in [0, 0.1) is 0 Å². The second-order valence-electron chi connectivity index (χ2n) is 5.18.